The van der Waals surface area contributed by atoms with E-state index in [2.05, 4.69) is 4.72 Å². The van der Waals surface area contributed by atoms with E-state index in [1.54, 1.807) is 7.05 Å². The summed E-state index contributed by atoms with van der Waals surface area (Å²) >= 11 is 6.14. The first kappa shape index (κ1) is 20.6. The van der Waals surface area contributed by atoms with Crippen molar-refractivity contribution < 1.29 is 22.3 Å². The minimum atomic E-state index is -3.97. The van der Waals surface area contributed by atoms with E-state index in [9.17, 15) is 17.6 Å². The summed E-state index contributed by atoms with van der Waals surface area (Å²) in [7, 11) is -2.35. The molecule has 1 fully saturated rings. The molecule has 2 aromatic carbocycles. The first-order chi connectivity index (χ1) is 13.3. The number of benzene rings is 2. The van der Waals surface area contributed by atoms with Crippen LogP contribution >= 0.6 is 11.6 Å². The van der Waals surface area contributed by atoms with Gasteiger partial charge in [-0.2, -0.15) is 0 Å². The van der Waals surface area contributed by atoms with Gasteiger partial charge in [0.1, 0.15) is 5.82 Å². The molecule has 2 aromatic rings. The van der Waals surface area contributed by atoms with Gasteiger partial charge in [-0.25, -0.2) is 12.8 Å². The summed E-state index contributed by atoms with van der Waals surface area (Å²) in [5.41, 5.74) is 0.295. The van der Waals surface area contributed by atoms with E-state index < -0.39 is 15.8 Å². The summed E-state index contributed by atoms with van der Waals surface area (Å²) < 4.78 is 46.1. The second-order valence-corrected chi connectivity index (χ2v) is 8.66. The maximum atomic E-state index is 13.0. The molecule has 150 valence electrons. The van der Waals surface area contributed by atoms with Gasteiger partial charge in [0.2, 0.25) is 0 Å². The summed E-state index contributed by atoms with van der Waals surface area (Å²) in [6.45, 7) is 1.08. The van der Waals surface area contributed by atoms with Crippen molar-refractivity contribution >= 4 is 33.2 Å². The summed E-state index contributed by atoms with van der Waals surface area (Å²) in [6, 6.07) is 8.83. The minimum absolute atomic E-state index is 0.0280. The highest BCUT2D eigenvalue weighted by molar-refractivity contribution is 7.92. The van der Waals surface area contributed by atoms with E-state index in [0.717, 1.165) is 25.0 Å². The van der Waals surface area contributed by atoms with Crippen LogP contribution < -0.4 is 4.72 Å². The maximum absolute atomic E-state index is 13.0. The lowest BCUT2D eigenvalue weighted by Crippen LogP contribution is -2.34. The Morgan fingerprint density at radius 3 is 2.64 bits per heavy atom. The molecule has 0 radical (unpaired) electrons. The Labute approximate surface area is 168 Å². The molecule has 9 heteroatoms. The fraction of sp³-hybridized carbons (Fsp3) is 0.316. The van der Waals surface area contributed by atoms with Crippen molar-refractivity contribution in [1.82, 2.24) is 4.90 Å². The predicted molar refractivity (Wildman–Crippen MR) is 105 cm³/mol. The third kappa shape index (κ3) is 4.81. The molecule has 0 bridgehead atoms. The van der Waals surface area contributed by atoms with Gasteiger partial charge in [-0.3, -0.25) is 9.52 Å². The number of sulfonamides is 1. The largest absolute Gasteiger partial charge is 0.376 e. The van der Waals surface area contributed by atoms with Gasteiger partial charge in [-0.15, -0.1) is 0 Å². The molecule has 3 rings (SSSR count). The molecular formula is C19H20ClFN2O4S. The molecule has 1 saturated heterocycles. The molecule has 0 saturated carbocycles. The van der Waals surface area contributed by atoms with Gasteiger partial charge in [0.15, 0.2) is 0 Å². The van der Waals surface area contributed by atoms with Crippen molar-refractivity contribution in [2.75, 3.05) is 24.9 Å². The molecule has 0 aliphatic carbocycles. The van der Waals surface area contributed by atoms with Crippen LogP contribution in [0.1, 0.15) is 23.2 Å². The van der Waals surface area contributed by atoms with E-state index >= 15 is 0 Å². The van der Waals surface area contributed by atoms with Crippen LogP contribution in [0.2, 0.25) is 5.02 Å². The zero-order chi connectivity index (χ0) is 20.3. The van der Waals surface area contributed by atoms with Crippen molar-refractivity contribution in [2.45, 2.75) is 23.8 Å². The third-order valence-corrected chi connectivity index (χ3v) is 6.13. The van der Waals surface area contributed by atoms with Crippen molar-refractivity contribution in [1.29, 1.82) is 0 Å². The molecule has 1 aliphatic rings. The standard InChI is InChI=1S/C19H20ClFN2O4S/c1-23(12-15-3-2-10-27-15)19(24)17-11-16(8-9-18(17)20)28(25,26)22-14-6-4-13(21)5-7-14/h4-9,11,15,22H,2-3,10,12H2,1H3. The van der Waals surface area contributed by atoms with Crippen LogP contribution in [0.5, 0.6) is 0 Å². The normalized spacial score (nSPS) is 16.8. The van der Waals surface area contributed by atoms with Crippen LogP contribution in [0.15, 0.2) is 47.4 Å². The van der Waals surface area contributed by atoms with Gasteiger partial charge in [0, 0.05) is 25.9 Å². The Bertz CT molecular complexity index is 960. The molecule has 1 unspecified atom stereocenters. The van der Waals surface area contributed by atoms with Crippen LogP contribution in [-0.4, -0.2) is 45.5 Å². The quantitative estimate of drug-likeness (QED) is 0.766. The van der Waals surface area contributed by atoms with E-state index in [0.29, 0.717) is 13.2 Å². The van der Waals surface area contributed by atoms with Crippen LogP contribution in [-0.2, 0) is 14.8 Å². The number of hydrogen-bond acceptors (Lipinski definition) is 4. The maximum Gasteiger partial charge on any atom is 0.261 e. The molecule has 1 heterocycles. The minimum Gasteiger partial charge on any atom is -0.376 e. The van der Waals surface area contributed by atoms with Crippen LogP contribution in [0.4, 0.5) is 10.1 Å². The average molecular weight is 427 g/mol. The summed E-state index contributed by atoms with van der Waals surface area (Å²) in [5.74, 6) is -0.865. The number of nitrogens with zero attached hydrogens (tertiary/aromatic N) is 1. The molecule has 28 heavy (non-hydrogen) atoms. The van der Waals surface area contributed by atoms with Crippen molar-refractivity contribution in [2.24, 2.45) is 0 Å². The van der Waals surface area contributed by atoms with E-state index in [-0.39, 0.29) is 33.2 Å². The molecule has 1 atom stereocenters. The number of anilines is 1. The molecule has 6 nitrogen and oxygen atoms in total. The summed E-state index contributed by atoms with van der Waals surface area (Å²) in [5, 5.41) is 0.157. The zero-order valence-corrected chi connectivity index (χ0v) is 16.8. The van der Waals surface area contributed by atoms with Gasteiger partial charge in [-0.1, -0.05) is 11.6 Å². The fourth-order valence-electron chi connectivity index (χ4n) is 2.95. The van der Waals surface area contributed by atoms with Crippen molar-refractivity contribution in [3.8, 4) is 0 Å². The Morgan fingerprint density at radius 2 is 2.00 bits per heavy atom. The lowest BCUT2D eigenvalue weighted by Gasteiger charge is -2.21. The number of nitrogens with one attached hydrogen (secondary N) is 1. The highest BCUT2D eigenvalue weighted by Crippen LogP contribution is 2.24. The second kappa shape index (κ2) is 8.46. The predicted octanol–water partition coefficient (Wildman–Crippen LogP) is 3.53. The number of carbonyl (C=O) groups is 1. The Hall–Kier alpha value is -2.16. The van der Waals surface area contributed by atoms with Crippen LogP contribution in [0.3, 0.4) is 0 Å². The molecular weight excluding hydrogens is 407 g/mol. The molecule has 1 amide bonds. The number of likely N-dealkylation sites (N-methyl/N-ethyl adjacent to an activating group) is 1. The Balaban J connectivity index is 1.81. The average Bonchev–Trinajstić information content (AvgIpc) is 3.16. The highest BCUT2D eigenvalue weighted by atomic mass is 35.5. The monoisotopic (exact) mass is 426 g/mol. The Morgan fingerprint density at radius 1 is 1.29 bits per heavy atom. The number of amides is 1. The van der Waals surface area contributed by atoms with E-state index in [4.69, 9.17) is 16.3 Å². The first-order valence-corrected chi connectivity index (χ1v) is 10.6. The van der Waals surface area contributed by atoms with Gasteiger partial charge in [0.05, 0.1) is 21.6 Å². The molecule has 0 spiro atoms. The summed E-state index contributed by atoms with van der Waals surface area (Å²) in [4.78, 5) is 14.1. The van der Waals surface area contributed by atoms with Crippen LogP contribution in [0.25, 0.3) is 0 Å². The SMILES string of the molecule is CN(CC1CCCO1)C(=O)c1cc(S(=O)(=O)Nc2ccc(F)cc2)ccc1Cl. The van der Waals surface area contributed by atoms with Gasteiger partial charge in [0.25, 0.3) is 15.9 Å². The van der Waals surface area contributed by atoms with Crippen molar-refractivity contribution in [3.05, 3.63) is 58.9 Å². The smallest absolute Gasteiger partial charge is 0.261 e. The van der Waals surface area contributed by atoms with Gasteiger partial charge >= 0.3 is 0 Å². The topological polar surface area (TPSA) is 75.7 Å². The molecule has 0 aromatic heterocycles. The van der Waals surface area contributed by atoms with Gasteiger partial charge < -0.3 is 9.64 Å². The second-order valence-electron chi connectivity index (χ2n) is 6.57. The zero-order valence-electron chi connectivity index (χ0n) is 15.2. The molecule has 1 aliphatic heterocycles. The number of hydrogen-bond donors (Lipinski definition) is 1. The number of halogens is 2. The van der Waals surface area contributed by atoms with E-state index in [1.165, 1.54) is 35.2 Å². The summed E-state index contributed by atoms with van der Waals surface area (Å²) in [6.07, 6.45) is 1.80. The Kier molecular flexibility index (Phi) is 6.22. The fourth-order valence-corrected chi connectivity index (χ4v) is 4.23. The number of ether oxygens (including phenoxy) is 1. The van der Waals surface area contributed by atoms with Crippen LogP contribution in [0, 0.1) is 5.82 Å². The molecule has 1 N–H and O–H groups in total. The first-order valence-electron chi connectivity index (χ1n) is 8.71. The third-order valence-electron chi connectivity index (χ3n) is 4.42. The van der Waals surface area contributed by atoms with E-state index in [1.807, 2.05) is 0 Å². The number of carbonyl (C=O) groups excluding carboxylic acids is 1. The highest BCUT2D eigenvalue weighted by Gasteiger charge is 2.24. The van der Waals surface area contributed by atoms with Gasteiger partial charge in [-0.05, 0) is 55.3 Å². The van der Waals surface area contributed by atoms with Crippen molar-refractivity contribution in [3.63, 3.8) is 0 Å². The lowest BCUT2D eigenvalue weighted by atomic mass is 10.2. The lowest BCUT2D eigenvalue weighted by molar-refractivity contribution is 0.0587. The number of rotatable bonds is 6.